The zero-order valence-corrected chi connectivity index (χ0v) is 18.3. The number of benzene rings is 1. The van der Waals surface area contributed by atoms with Crippen molar-refractivity contribution < 1.29 is 19.4 Å². The van der Waals surface area contributed by atoms with Crippen molar-refractivity contribution in [1.29, 1.82) is 0 Å². The molecule has 5 nitrogen and oxygen atoms in total. The third-order valence-corrected chi connectivity index (χ3v) is 7.85. The second-order valence-corrected chi connectivity index (χ2v) is 9.69. The number of likely N-dealkylation sites (tertiary alicyclic amines) is 1. The number of ether oxygens (including phenoxy) is 1. The van der Waals surface area contributed by atoms with E-state index in [1.807, 2.05) is 11.8 Å². The Morgan fingerprint density at radius 3 is 2.50 bits per heavy atom. The van der Waals surface area contributed by atoms with Gasteiger partial charge in [0.2, 0.25) is 0 Å². The maximum Gasteiger partial charge on any atom is 0.306 e. The number of carbonyl (C=O) groups excluding carboxylic acids is 1. The van der Waals surface area contributed by atoms with Gasteiger partial charge in [0.05, 0.1) is 5.92 Å². The molecule has 1 aromatic carbocycles. The summed E-state index contributed by atoms with van der Waals surface area (Å²) in [4.78, 5) is 25.9. The standard InChI is InChI=1S/C25H35NO4/c1-3-18(24(28)29)15-17(2)19-6-8-20(9-7-19)21-16-25(21)10-12-26(13-11-25)23(27)22-5-4-14-30-22/h6-9,17-18,21-22H,3-5,10-16H2,1-2H3,(H,28,29)/t17?,18?,21-,22-/m1/s1. The summed E-state index contributed by atoms with van der Waals surface area (Å²) in [6, 6.07) is 8.88. The van der Waals surface area contributed by atoms with Crippen molar-refractivity contribution in [2.75, 3.05) is 19.7 Å². The maximum atomic E-state index is 12.6. The SMILES string of the molecule is CCC(CC(C)c1ccc([C@H]2CC23CCN(C(=O)[C@H]2CCCO2)CC3)cc1)C(=O)O. The van der Waals surface area contributed by atoms with Crippen molar-refractivity contribution >= 4 is 11.9 Å². The highest BCUT2D eigenvalue weighted by molar-refractivity contribution is 5.81. The highest BCUT2D eigenvalue weighted by Gasteiger charge is 2.55. The molecular formula is C25H35NO4. The smallest absolute Gasteiger partial charge is 0.306 e. The summed E-state index contributed by atoms with van der Waals surface area (Å²) in [6.45, 7) is 6.51. The van der Waals surface area contributed by atoms with Crippen LogP contribution < -0.4 is 0 Å². The second-order valence-electron chi connectivity index (χ2n) is 9.69. The molecule has 0 radical (unpaired) electrons. The third-order valence-electron chi connectivity index (χ3n) is 7.85. The van der Waals surface area contributed by atoms with Crippen LogP contribution in [0.3, 0.4) is 0 Å². The van der Waals surface area contributed by atoms with Crippen LogP contribution in [0.1, 0.15) is 81.8 Å². The Kier molecular flexibility index (Phi) is 6.19. The van der Waals surface area contributed by atoms with E-state index in [0.717, 1.165) is 45.4 Å². The average Bonchev–Trinajstić information content (AvgIpc) is 3.18. The molecule has 1 amide bonds. The van der Waals surface area contributed by atoms with Gasteiger partial charge < -0.3 is 14.7 Å². The average molecular weight is 414 g/mol. The first kappa shape index (κ1) is 21.4. The van der Waals surface area contributed by atoms with E-state index in [4.69, 9.17) is 4.74 Å². The largest absolute Gasteiger partial charge is 0.481 e. The van der Waals surface area contributed by atoms with E-state index in [1.165, 1.54) is 17.5 Å². The van der Waals surface area contributed by atoms with Gasteiger partial charge in [0, 0.05) is 19.7 Å². The molecule has 1 aliphatic carbocycles. The summed E-state index contributed by atoms with van der Waals surface area (Å²) >= 11 is 0. The van der Waals surface area contributed by atoms with E-state index in [9.17, 15) is 14.7 Å². The van der Waals surface area contributed by atoms with Crippen molar-refractivity contribution in [2.45, 2.75) is 76.7 Å². The van der Waals surface area contributed by atoms with Crippen LogP contribution in [0.25, 0.3) is 0 Å². The lowest BCUT2D eigenvalue weighted by Gasteiger charge is -2.34. The van der Waals surface area contributed by atoms with E-state index in [0.29, 0.717) is 24.2 Å². The molecule has 164 valence electrons. The molecule has 0 aromatic heterocycles. The molecule has 1 aromatic rings. The topological polar surface area (TPSA) is 66.8 Å². The number of hydrogen-bond acceptors (Lipinski definition) is 3. The summed E-state index contributed by atoms with van der Waals surface area (Å²) in [5.74, 6) is 0.0910. The Morgan fingerprint density at radius 2 is 1.93 bits per heavy atom. The zero-order chi connectivity index (χ0) is 21.3. The summed E-state index contributed by atoms with van der Waals surface area (Å²) in [5, 5.41) is 9.32. The van der Waals surface area contributed by atoms with Crippen LogP contribution in [-0.2, 0) is 14.3 Å². The van der Waals surface area contributed by atoms with Gasteiger partial charge in [-0.25, -0.2) is 0 Å². The van der Waals surface area contributed by atoms with Crippen LogP contribution in [0.15, 0.2) is 24.3 Å². The second kappa shape index (κ2) is 8.70. The first-order valence-corrected chi connectivity index (χ1v) is 11.7. The highest BCUT2D eigenvalue weighted by Crippen LogP contribution is 2.65. The van der Waals surface area contributed by atoms with Crippen molar-refractivity contribution in [1.82, 2.24) is 4.90 Å². The molecule has 1 spiro atoms. The molecule has 1 N–H and O–H groups in total. The summed E-state index contributed by atoms with van der Waals surface area (Å²) in [5.41, 5.74) is 3.00. The fourth-order valence-corrected chi connectivity index (χ4v) is 5.58. The molecule has 2 saturated heterocycles. The monoisotopic (exact) mass is 413 g/mol. The van der Waals surface area contributed by atoms with Gasteiger partial charge in [-0.05, 0) is 73.3 Å². The van der Waals surface area contributed by atoms with E-state index >= 15 is 0 Å². The Hall–Kier alpha value is -1.88. The van der Waals surface area contributed by atoms with Crippen molar-refractivity contribution in [3.8, 4) is 0 Å². The Balaban J connectivity index is 1.31. The van der Waals surface area contributed by atoms with Crippen molar-refractivity contribution in [3.63, 3.8) is 0 Å². The number of piperidine rings is 1. The first-order chi connectivity index (χ1) is 14.4. The van der Waals surface area contributed by atoms with E-state index in [-0.39, 0.29) is 23.8 Å². The number of hydrogen-bond donors (Lipinski definition) is 1. The molecule has 0 bridgehead atoms. The van der Waals surface area contributed by atoms with Crippen LogP contribution in [0, 0.1) is 11.3 Å². The molecule has 1 saturated carbocycles. The van der Waals surface area contributed by atoms with Gasteiger partial charge in [0.15, 0.2) is 0 Å². The predicted octanol–water partition coefficient (Wildman–Crippen LogP) is 4.57. The zero-order valence-electron chi connectivity index (χ0n) is 18.3. The lowest BCUT2D eigenvalue weighted by atomic mass is 9.86. The molecule has 30 heavy (non-hydrogen) atoms. The van der Waals surface area contributed by atoms with Crippen molar-refractivity contribution in [2.24, 2.45) is 11.3 Å². The van der Waals surface area contributed by atoms with Gasteiger partial charge in [0.1, 0.15) is 6.10 Å². The van der Waals surface area contributed by atoms with Crippen LogP contribution >= 0.6 is 0 Å². The molecule has 2 aliphatic heterocycles. The number of rotatable bonds is 7. The number of amides is 1. The van der Waals surface area contributed by atoms with Crippen molar-refractivity contribution in [3.05, 3.63) is 35.4 Å². The Bertz CT molecular complexity index is 760. The maximum absolute atomic E-state index is 12.6. The number of aliphatic carboxylic acids is 1. The minimum atomic E-state index is -0.690. The number of carboxylic acids is 1. The van der Waals surface area contributed by atoms with E-state index in [2.05, 4.69) is 31.2 Å². The minimum absolute atomic E-state index is 0.197. The molecule has 4 rings (SSSR count). The molecule has 5 heteroatoms. The summed E-state index contributed by atoms with van der Waals surface area (Å²) in [6.07, 6.45) is 6.44. The van der Waals surface area contributed by atoms with E-state index < -0.39 is 5.97 Å². The van der Waals surface area contributed by atoms with Gasteiger partial charge in [-0.15, -0.1) is 0 Å². The molecular weight excluding hydrogens is 378 g/mol. The van der Waals surface area contributed by atoms with Gasteiger partial charge in [-0.3, -0.25) is 9.59 Å². The molecule has 3 fully saturated rings. The Labute approximate surface area is 179 Å². The lowest BCUT2D eigenvalue weighted by molar-refractivity contribution is -0.143. The highest BCUT2D eigenvalue weighted by atomic mass is 16.5. The fourth-order valence-electron chi connectivity index (χ4n) is 5.58. The lowest BCUT2D eigenvalue weighted by Crippen LogP contribution is -2.44. The number of carbonyl (C=O) groups is 2. The first-order valence-electron chi connectivity index (χ1n) is 11.7. The predicted molar refractivity (Wildman–Crippen MR) is 115 cm³/mol. The molecule has 3 aliphatic rings. The number of carboxylic acid groups (broad SMARTS) is 1. The van der Waals surface area contributed by atoms with Crippen LogP contribution in [0.2, 0.25) is 0 Å². The summed E-state index contributed by atoms with van der Waals surface area (Å²) < 4.78 is 5.58. The van der Waals surface area contributed by atoms with Crippen LogP contribution in [0.4, 0.5) is 0 Å². The van der Waals surface area contributed by atoms with Gasteiger partial charge in [0.25, 0.3) is 5.91 Å². The third kappa shape index (κ3) is 4.27. The normalized spacial score (nSPS) is 27.1. The summed E-state index contributed by atoms with van der Waals surface area (Å²) in [7, 11) is 0. The Morgan fingerprint density at radius 1 is 1.23 bits per heavy atom. The molecule has 4 atom stereocenters. The molecule has 2 heterocycles. The number of nitrogens with zero attached hydrogens (tertiary/aromatic N) is 1. The van der Waals surface area contributed by atoms with E-state index in [1.54, 1.807) is 0 Å². The quantitative estimate of drug-likeness (QED) is 0.711. The van der Waals surface area contributed by atoms with Gasteiger partial charge in [-0.1, -0.05) is 38.1 Å². The van der Waals surface area contributed by atoms with Crippen LogP contribution in [0.5, 0.6) is 0 Å². The van der Waals surface area contributed by atoms with Gasteiger partial charge in [-0.2, -0.15) is 0 Å². The minimum Gasteiger partial charge on any atom is -0.481 e. The molecule has 2 unspecified atom stereocenters. The van der Waals surface area contributed by atoms with Crippen LogP contribution in [-0.4, -0.2) is 47.7 Å². The van der Waals surface area contributed by atoms with Gasteiger partial charge >= 0.3 is 5.97 Å². The fraction of sp³-hybridized carbons (Fsp3) is 0.680.